The fourth-order valence-electron chi connectivity index (χ4n) is 12.4. The van der Waals surface area contributed by atoms with Crippen molar-refractivity contribution in [1.29, 1.82) is 10.7 Å². The minimum Gasteiger partial charge on any atom is -0.300 e. The highest BCUT2D eigenvalue weighted by atomic mass is 79.9. The molecule has 3 heteroatoms. The number of halogens is 1. The highest BCUT2D eigenvalue weighted by Crippen LogP contribution is 2.63. The largest absolute Gasteiger partial charge is 0.300 e. The molecule has 0 amide bonds. The predicted octanol–water partition coefficient (Wildman–Crippen LogP) is 10.8. The van der Waals surface area contributed by atoms with Crippen molar-refractivity contribution in [3.63, 3.8) is 0 Å². The molecule has 2 aromatic rings. The Bertz CT molecular complexity index is 1480. The normalized spacial score (nSPS) is 36.4. The van der Waals surface area contributed by atoms with Gasteiger partial charge in [0.2, 0.25) is 0 Å². The molecule has 0 radical (unpaired) electrons. The summed E-state index contributed by atoms with van der Waals surface area (Å²) in [5.74, 6) is 4.81. The van der Waals surface area contributed by atoms with E-state index >= 15 is 0 Å². The Morgan fingerprint density at radius 3 is 1.00 bits per heavy atom. The second-order valence-electron chi connectivity index (χ2n) is 15.4. The van der Waals surface area contributed by atoms with E-state index in [1.165, 1.54) is 141 Å². The maximum atomic E-state index is 10.7. The van der Waals surface area contributed by atoms with Crippen LogP contribution in [0, 0.1) is 16.7 Å². The van der Waals surface area contributed by atoms with Crippen molar-refractivity contribution in [3.05, 3.63) is 65.7 Å². The molecule has 0 spiro atoms. The lowest BCUT2D eigenvalue weighted by atomic mass is 9.55. The molecule has 2 aromatic carbocycles. The number of fused-ring (bicyclic) bond motifs is 8. The summed E-state index contributed by atoms with van der Waals surface area (Å²) < 4.78 is 1.48. The molecular weight excluding hydrogens is 564 g/mol. The van der Waals surface area contributed by atoms with Crippen LogP contribution in [0.4, 0.5) is 0 Å². The fraction of sp³-hybridized carbons (Fsp3) is 0.632. The number of nitrogens with zero attached hydrogens (tertiary/aromatic N) is 1. The van der Waals surface area contributed by atoms with E-state index in [1.807, 2.05) is 0 Å². The Hall–Kier alpha value is -1.92. The standard InChI is InChI=1S/C38H41BrN2/c39-37-33-24-13-9-22(10-14-24)31(33)36(32-23-11-15-25(16-12-23)34(32)37)38(41)35-29-20-5-1-18(2-6-20)27(29)26(17-40)28-19-3-7-21(8-4-19)30(28)35/h18-25,41H,1-16H2. The molecular formula is C38H41BrN2. The topological polar surface area (TPSA) is 47.6 Å². The maximum absolute atomic E-state index is 10.7. The summed E-state index contributed by atoms with van der Waals surface area (Å²) in [4.78, 5) is 0. The molecule has 0 heterocycles. The molecule has 41 heavy (non-hydrogen) atoms. The highest BCUT2D eigenvalue weighted by Gasteiger charge is 2.48. The molecule has 2 nitrogen and oxygen atoms in total. The van der Waals surface area contributed by atoms with Crippen LogP contribution in [0.15, 0.2) is 4.47 Å². The van der Waals surface area contributed by atoms with E-state index in [9.17, 15) is 10.7 Å². The second-order valence-corrected chi connectivity index (χ2v) is 16.2. The summed E-state index contributed by atoms with van der Waals surface area (Å²) >= 11 is 4.28. The smallest absolute Gasteiger partial charge is 0.0997 e. The average molecular weight is 606 g/mol. The van der Waals surface area contributed by atoms with Gasteiger partial charge in [0.05, 0.1) is 17.3 Å². The fourth-order valence-corrected chi connectivity index (χ4v) is 13.5. The van der Waals surface area contributed by atoms with Gasteiger partial charge < -0.3 is 0 Å². The van der Waals surface area contributed by atoms with Crippen molar-refractivity contribution in [2.45, 2.75) is 150 Å². The molecule has 4 saturated carbocycles. The van der Waals surface area contributed by atoms with E-state index in [0.717, 1.165) is 11.3 Å². The van der Waals surface area contributed by atoms with Gasteiger partial charge in [-0.3, -0.25) is 5.41 Å². The minimum atomic E-state index is 0.543. The summed E-state index contributed by atoms with van der Waals surface area (Å²) in [5, 5.41) is 21.3. The lowest BCUT2D eigenvalue weighted by Gasteiger charge is -2.49. The van der Waals surface area contributed by atoms with Gasteiger partial charge in [0.15, 0.2) is 0 Å². The molecule has 14 rings (SSSR count). The first-order chi connectivity index (χ1) is 20.1. The molecule has 0 saturated heterocycles. The monoisotopic (exact) mass is 604 g/mol. The van der Waals surface area contributed by atoms with Crippen LogP contribution in [0.1, 0.15) is 211 Å². The molecule has 4 fully saturated rings. The van der Waals surface area contributed by atoms with Gasteiger partial charge in [-0.15, -0.1) is 0 Å². The first-order valence-electron chi connectivity index (χ1n) is 17.3. The molecule has 0 aromatic heterocycles. The number of nitrogens with one attached hydrogen (secondary N) is 1. The molecule has 0 aliphatic heterocycles. The summed E-state index contributed by atoms with van der Waals surface area (Å²) in [7, 11) is 0. The Kier molecular flexibility index (Phi) is 5.13. The van der Waals surface area contributed by atoms with Gasteiger partial charge in [-0.2, -0.15) is 5.26 Å². The van der Waals surface area contributed by atoms with E-state index in [0.29, 0.717) is 47.3 Å². The number of rotatable bonds is 2. The van der Waals surface area contributed by atoms with Crippen molar-refractivity contribution >= 4 is 21.6 Å². The van der Waals surface area contributed by atoms with E-state index < -0.39 is 0 Å². The van der Waals surface area contributed by atoms with E-state index in [2.05, 4.69) is 22.0 Å². The van der Waals surface area contributed by atoms with Gasteiger partial charge in [-0.05, 0) is 195 Å². The minimum absolute atomic E-state index is 0.543. The van der Waals surface area contributed by atoms with Crippen molar-refractivity contribution in [2.24, 2.45) is 0 Å². The molecule has 12 aliphatic carbocycles. The van der Waals surface area contributed by atoms with Crippen LogP contribution in [0.25, 0.3) is 0 Å². The summed E-state index contributed by atoms with van der Waals surface area (Å²) in [5.41, 5.74) is 17.2. The molecule has 1 N–H and O–H groups in total. The Labute approximate surface area is 253 Å². The first kappa shape index (κ1) is 24.5. The summed E-state index contributed by atoms with van der Waals surface area (Å²) in [6, 6.07) is 2.83. The highest BCUT2D eigenvalue weighted by molar-refractivity contribution is 9.10. The Balaban J connectivity index is 1.32. The van der Waals surface area contributed by atoms with Crippen molar-refractivity contribution < 1.29 is 0 Å². The van der Waals surface area contributed by atoms with Crippen molar-refractivity contribution in [2.75, 3.05) is 0 Å². The van der Waals surface area contributed by atoms with Crippen LogP contribution in [0.3, 0.4) is 0 Å². The zero-order chi connectivity index (χ0) is 27.1. The number of nitriles is 1. The summed E-state index contributed by atoms with van der Waals surface area (Å²) in [6.07, 6.45) is 20.7. The van der Waals surface area contributed by atoms with Crippen LogP contribution in [0.5, 0.6) is 0 Å². The van der Waals surface area contributed by atoms with Crippen molar-refractivity contribution in [3.8, 4) is 6.07 Å². The van der Waals surface area contributed by atoms with Gasteiger partial charge in [0.1, 0.15) is 0 Å². The van der Waals surface area contributed by atoms with Gasteiger partial charge in [-0.1, -0.05) is 15.9 Å². The van der Waals surface area contributed by atoms with Gasteiger partial charge >= 0.3 is 0 Å². The predicted molar refractivity (Wildman–Crippen MR) is 167 cm³/mol. The van der Waals surface area contributed by atoms with Gasteiger partial charge in [0, 0.05) is 15.6 Å². The molecule has 210 valence electrons. The zero-order valence-electron chi connectivity index (χ0n) is 24.3. The SMILES string of the molecule is N#Cc1c2c(c(C(=N)c3c4c(c(Br)c5c3C3CCC5CC3)C3CCC4CC3)c3c1C1CCC3CC1)C1CCC2CC1. The number of hydrogen-bond donors (Lipinski definition) is 1. The maximum Gasteiger partial charge on any atom is 0.0997 e. The van der Waals surface area contributed by atoms with Crippen LogP contribution in [-0.4, -0.2) is 5.71 Å². The average Bonchev–Trinajstić information content (AvgIpc) is 3.05. The molecule has 0 atom stereocenters. The first-order valence-corrected chi connectivity index (χ1v) is 18.0. The lowest BCUT2D eigenvalue weighted by Crippen LogP contribution is -2.35. The zero-order valence-corrected chi connectivity index (χ0v) is 25.8. The molecule has 0 unspecified atom stereocenters. The van der Waals surface area contributed by atoms with E-state index in [1.54, 1.807) is 22.3 Å². The van der Waals surface area contributed by atoms with Gasteiger partial charge in [0.25, 0.3) is 0 Å². The molecule has 8 bridgehead atoms. The number of hydrogen-bond acceptors (Lipinski definition) is 2. The van der Waals surface area contributed by atoms with E-state index in [4.69, 9.17) is 0 Å². The third-order valence-electron chi connectivity index (χ3n) is 14.0. The van der Waals surface area contributed by atoms with Crippen LogP contribution in [0.2, 0.25) is 0 Å². The lowest BCUT2D eigenvalue weighted by molar-refractivity contribution is 0.337. The Morgan fingerprint density at radius 2 is 0.707 bits per heavy atom. The third kappa shape index (κ3) is 3.02. The van der Waals surface area contributed by atoms with Crippen molar-refractivity contribution in [1.82, 2.24) is 0 Å². The van der Waals surface area contributed by atoms with Gasteiger partial charge in [-0.25, -0.2) is 0 Å². The summed E-state index contributed by atoms with van der Waals surface area (Å²) in [6.45, 7) is 0. The van der Waals surface area contributed by atoms with Crippen LogP contribution < -0.4 is 0 Å². The number of benzene rings is 2. The quantitative estimate of drug-likeness (QED) is 0.340. The molecule has 12 aliphatic rings. The van der Waals surface area contributed by atoms with E-state index in [-0.39, 0.29) is 0 Å². The second kappa shape index (κ2) is 8.59. The van der Waals surface area contributed by atoms with Crippen LogP contribution in [-0.2, 0) is 0 Å². The van der Waals surface area contributed by atoms with Crippen LogP contribution >= 0.6 is 15.9 Å². The Morgan fingerprint density at radius 1 is 0.463 bits per heavy atom. The third-order valence-corrected chi connectivity index (χ3v) is 14.9.